The number of aromatic nitrogens is 1. The van der Waals surface area contributed by atoms with E-state index < -0.39 is 12.1 Å². The molecule has 4 rings (SSSR count). The van der Waals surface area contributed by atoms with Gasteiger partial charge in [0.05, 0.1) is 24.3 Å². The number of amides is 2. The van der Waals surface area contributed by atoms with Gasteiger partial charge in [0.15, 0.2) is 0 Å². The van der Waals surface area contributed by atoms with Crippen molar-refractivity contribution in [2.45, 2.75) is 44.9 Å². The lowest BCUT2D eigenvalue weighted by molar-refractivity contribution is -0.138. The van der Waals surface area contributed by atoms with Gasteiger partial charge in [0.2, 0.25) is 11.8 Å². The summed E-state index contributed by atoms with van der Waals surface area (Å²) in [5, 5.41) is 17.7. The number of aryl methyl sites for hydroxylation is 1. The average Bonchev–Trinajstić information content (AvgIpc) is 3.39. The van der Waals surface area contributed by atoms with Crippen LogP contribution in [0.15, 0.2) is 45.3 Å². The molecule has 1 aliphatic heterocycles. The fourth-order valence-corrected chi connectivity index (χ4v) is 3.68. The van der Waals surface area contributed by atoms with Crippen molar-refractivity contribution in [3.05, 3.63) is 53.6 Å². The van der Waals surface area contributed by atoms with Crippen LogP contribution >= 0.6 is 0 Å². The quantitative estimate of drug-likeness (QED) is 0.683. The van der Waals surface area contributed by atoms with Gasteiger partial charge >= 0.3 is 0 Å². The lowest BCUT2D eigenvalue weighted by Crippen LogP contribution is -2.47. The highest BCUT2D eigenvalue weighted by atomic mass is 16.5. The smallest absolute Gasteiger partial charge is 0.243 e. The number of furan rings is 1. The minimum Gasteiger partial charge on any atom is -0.459 e. The van der Waals surface area contributed by atoms with Crippen molar-refractivity contribution >= 4 is 22.8 Å². The molecule has 0 bridgehead atoms. The molecule has 0 spiro atoms. The Labute approximate surface area is 167 Å². The van der Waals surface area contributed by atoms with Crippen molar-refractivity contribution in [1.82, 2.24) is 15.4 Å². The van der Waals surface area contributed by atoms with Crippen molar-refractivity contribution in [1.29, 1.82) is 0 Å². The molecule has 0 saturated carbocycles. The summed E-state index contributed by atoms with van der Waals surface area (Å²) < 4.78 is 10.9. The van der Waals surface area contributed by atoms with E-state index >= 15 is 0 Å². The van der Waals surface area contributed by atoms with Gasteiger partial charge in [0, 0.05) is 24.4 Å². The molecule has 1 aromatic carbocycles. The Kier molecular flexibility index (Phi) is 5.10. The second-order valence-corrected chi connectivity index (χ2v) is 7.48. The first-order valence-electron chi connectivity index (χ1n) is 9.59. The molecule has 3 aromatic rings. The van der Waals surface area contributed by atoms with Crippen molar-refractivity contribution in [2.24, 2.45) is 0 Å². The fourth-order valence-electron chi connectivity index (χ4n) is 3.68. The van der Waals surface area contributed by atoms with Crippen LogP contribution < -0.4 is 5.32 Å². The molecule has 2 amide bonds. The molecular formula is C21H23N3O5. The Morgan fingerprint density at radius 1 is 1.34 bits per heavy atom. The lowest BCUT2D eigenvalue weighted by atomic mass is 10.1. The zero-order valence-electron chi connectivity index (χ0n) is 16.3. The molecule has 152 valence electrons. The number of β-amino-alcohol motifs (C(OH)–C–C–N with tert-alkyl or cyclic N) is 1. The number of fused-ring (bicyclic) bond motifs is 1. The number of hydrogen-bond donors (Lipinski definition) is 2. The van der Waals surface area contributed by atoms with Crippen LogP contribution in [-0.2, 0) is 16.0 Å². The van der Waals surface area contributed by atoms with E-state index in [2.05, 4.69) is 10.5 Å². The molecule has 3 unspecified atom stereocenters. The first kappa shape index (κ1) is 19.2. The number of carbonyl (C=O) groups excluding carboxylic acids is 2. The normalized spacial score (nSPS) is 20.2. The van der Waals surface area contributed by atoms with Crippen LogP contribution in [0.2, 0.25) is 0 Å². The van der Waals surface area contributed by atoms with Gasteiger partial charge in [-0.1, -0.05) is 23.4 Å². The number of aliphatic hydroxyl groups excluding tert-OH is 1. The van der Waals surface area contributed by atoms with Crippen LogP contribution in [0.1, 0.15) is 36.6 Å². The number of nitrogens with one attached hydrogen (secondary N) is 1. The molecule has 29 heavy (non-hydrogen) atoms. The molecule has 2 aromatic heterocycles. The standard InChI is InChI=1S/C21H23N3O5/c1-12-7-16(29-23-12)10-20(26)24-11-15(25)9-17(24)21(27)22-13(2)19-8-14-5-3-4-6-18(14)28-19/h3-8,13,15,17,25H,9-11H2,1-2H3,(H,22,27). The fraction of sp³-hybridized carbons (Fsp3) is 0.381. The highest BCUT2D eigenvalue weighted by Gasteiger charge is 2.39. The molecule has 8 nitrogen and oxygen atoms in total. The Hall–Kier alpha value is -3.13. The van der Waals surface area contributed by atoms with Gasteiger partial charge in [0.25, 0.3) is 0 Å². The van der Waals surface area contributed by atoms with Crippen LogP contribution in [0, 0.1) is 6.92 Å². The van der Waals surface area contributed by atoms with E-state index in [0.29, 0.717) is 17.2 Å². The van der Waals surface area contributed by atoms with Crippen LogP contribution in [0.5, 0.6) is 0 Å². The number of nitrogens with zero attached hydrogens (tertiary/aromatic N) is 2. The third kappa shape index (κ3) is 4.02. The van der Waals surface area contributed by atoms with E-state index in [4.69, 9.17) is 8.94 Å². The summed E-state index contributed by atoms with van der Waals surface area (Å²) in [5.41, 5.74) is 1.43. The van der Waals surface area contributed by atoms with Gasteiger partial charge < -0.3 is 24.3 Å². The monoisotopic (exact) mass is 397 g/mol. The largest absolute Gasteiger partial charge is 0.459 e. The third-order valence-corrected chi connectivity index (χ3v) is 5.13. The molecule has 3 heterocycles. The van der Waals surface area contributed by atoms with Gasteiger partial charge in [-0.15, -0.1) is 0 Å². The zero-order chi connectivity index (χ0) is 20.5. The number of para-hydroxylation sites is 1. The summed E-state index contributed by atoms with van der Waals surface area (Å²) in [5.74, 6) is 0.461. The highest BCUT2D eigenvalue weighted by Crippen LogP contribution is 2.25. The van der Waals surface area contributed by atoms with E-state index in [-0.39, 0.29) is 37.2 Å². The second kappa shape index (κ2) is 7.71. The Morgan fingerprint density at radius 3 is 2.86 bits per heavy atom. The lowest BCUT2D eigenvalue weighted by Gasteiger charge is -2.24. The van der Waals surface area contributed by atoms with Gasteiger partial charge in [-0.05, 0) is 26.0 Å². The van der Waals surface area contributed by atoms with Gasteiger partial charge in [0.1, 0.15) is 23.1 Å². The average molecular weight is 397 g/mol. The predicted octanol–water partition coefficient (Wildman–Crippen LogP) is 2.11. The van der Waals surface area contributed by atoms with Crippen LogP contribution in [0.3, 0.4) is 0 Å². The summed E-state index contributed by atoms with van der Waals surface area (Å²) in [4.78, 5) is 27.0. The van der Waals surface area contributed by atoms with Crippen molar-refractivity contribution in [3.8, 4) is 0 Å². The predicted molar refractivity (Wildman–Crippen MR) is 104 cm³/mol. The Morgan fingerprint density at radius 2 is 2.14 bits per heavy atom. The van der Waals surface area contributed by atoms with Crippen molar-refractivity contribution in [3.63, 3.8) is 0 Å². The van der Waals surface area contributed by atoms with Crippen LogP contribution in [-0.4, -0.2) is 45.7 Å². The van der Waals surface area contributed by atoms with E-state index in [9.17, 15) is 14.7 Å². The highest BCUT2D eigenvalue weighted by molar-refractivity contribution is 5.89. The molecule has 3 atom stereocenters. The molecule has 8 heteroatoms. The van der Waals surface area contributed by atoms with E-state index in [1.807, 2.05) is 37.3 Å². The maximum Gasteiger partial charge on any atom is 0.243 e. The molecule has 2 N–H and O–H groups in total. The van der Waals surface area contributed by atoms with Crippen LogP contribution in [0.25, 0.3) is 11.0 Å². The number of carbonyl (C=O) groups is 2. The Balaban J connectivity index is 1.44. The summed E-state index contributed by atoms with van der Waals surface area (Å²) in [6, 6.07) is 10.1. The number of aliphatic hydroxyl groups is 1. The summed E-state index contributed by atoms with van der Waals surface area (Å²) >= 11 is 0. The minimum atomic E-state index is -0.743. The summed E-state index contributed by atoms with van der Waals surface area (Å²) in [6.45, 7) is 3.71. The topological polar surface area (TPSA) is 109 Å². The van der Waals surface area contributed by atoms with Gasteiger partial charge in [-0.2, -0.15) is 0 Å². The summed E-state index contributed by atoms with van der Waals surface area (Å²) in [6.07, 6.45) is -0.552. The molecular weight excluding hydrogens is 374 g/mol. The van der Waals surface area contributed by atoms with Gasteiger partial charge in [-0.3, -0.25) is 9.59 Å². The van der Waals surface area contributed by atoms with E-state index in [1.54, 1.807) is 13.0 Å². The SMILES string of the molecule is Cc1cc(CC(=O)N2CC(O)CC2C(=O)NC(C)c2cc3ccccc3o2)on1. The first-order chi connectivity index (χ1) is 13.9. The van der Waals surface area contributed by atoms with Gasteiger partial charge in [-0.25, -0.2) is 0 Å². The van der Waals surface area contributed by atoms with Crippen LogP contribution in [0.4, 0.5) is 0 Å². The molecule has 0 aliphatic carbocycles. The number of hydrogen-bond acceptors (Lipinski definition) is 6. The maximum atomic E-state index is 12.9. The minimum absolute atomic E-state index is 0.00351. The van der Waals surface area contributed by atoms with E-state index in [0.717, 1.165) is 11.0 Å². The number of rotatable bonds is 5. The zero-order valence-corrected chi connectivity index (χ0v) is 16.3. The van der Waals surface area contributed by atoms with E-state index in [1.165, 1.54) is 4.90 Å². The maximum absolute atomic E-state index is 12.9. The number of benzene rings is 1. The third-order valence-electron chi connectivity index (χ3n) is 5.13. The number of likely N-dealkylation sites (tertiary alicyclic amines) is 1. The molecule has 1 aliphatic rings. The second-order valence-electron chi connectivity index (χ2n) is 7.48. The summed E-state index contributed by atoms with van der Waals surface area (Å²) in [7, 11) is 0. The molecule has 1 saturated heterocycles. The molecule has 0 radical (unpaired) electrons. The van der Waals surface area contributed by atoms with Crippen molar-refractivity contribution in [2.75, 3.05) is 6.54 Å². The molecule has 1 fully saturated rings. The first-order valence-corrected chi connectivity index (χ1v) is 9.59. The Bertz CT molecular complexity index is 1010. The van der Waals surface area contributed by atoms with Crippen molar-refractivity contribution < 1.29 is 23.6 Å².